The fraction of sp³-hybridized carbons (Fsp3) is 0. The normalized spacial score (nSPS) is 12.3. The van der Waals surface area contributed by atoms with Crippen LogP contribution in [0.15, 0.2) is 128 Å². The third kappa shape index (κ3) is 2.70. The van der Waals surface area contributed by atoms with Crippen LogP contribution in [0.5, 0.6) is 0 Å². The van der Waals surface area contributed by atoms with E-state index in [1.807, 2.05) is 24.4 Å². The summed E-state index contributed by atoms with van der Waals surface area (Å²) >= 11 is 0. The number of hydrogen-bond donors (Lipinski definition) is 0. The molecule has 0 aliphatic rings. The van der Waals surface area contributed by atoms with Crippen LogP contribution in [-0.4, -0.2) is 23.9 Å². The zero-order chi connectivity index (χ0) is 27.4. The zero-order valence-corrected chi connectivity index (χ0v) is 22.4. The maximum absolute atomic E-state index is 5.29. The molecule has 10 rings (SSSR count). The standard InChI is InChI=1S/C37H21N5/c1-5-15-29-25(13-1)34(22-10-9-19-38-21-22)40-37(39-29)42-31-17-7-3-12-24(31)28-20-27-23-11-2-6-16-30(23)41-32-18-8-4-14-26(32)33(35(27)41)36(28)42/h1-21H. The molecule has 10 aromatic rings. The number of aromatic nitrogens is 5. The summed E-state index contributed by atoms with van der Waals surface area (Å²) in [6.45, 7) is 0. The van der Waals surface area contributed by atoms with Crippen molar-refractivity contribution >= 4 is 70.8 Å². The van der Waals surface area contributed by atoms with Crippen molar-refractivity contribution in [1.82, 2.24) is 23.9 Å². The number of fused-ring (bicyclic) bond motifs is 11. The average molecular weight is 536 g/mol. The van der Waals surface area contributed by atoms with Crippen molar-refractivity contribution in [3.63, 3.8) is 0 Å². The molecule has 0 saturated heterocycles. The maximum atomic E-state index is 5.29. The Hall–Kier alpha value is -5.81. The van der Waals surface area contributed by atoms with Gasteiger partial charge in [0, 0.05) is 55.7 Å². The highest BCUT2D eigenvalue weighted by Crippen LogP contribution is 2.46. The van der Waals surface area contributed by atoms with E-state index >= 15 is 0 Å². The molecular weight excluding hydrogens is 514 g/mol. The van der Waals surface area contributed by atoms with Crippen molar-refractivity contribution in [1.29, 1.82) is 0 Å². The van der Waals surface area contributed by atoms with Crippen LogP contribution in [0.1, 0.15) is 0 Å². The lowest BCUT2D eigenvalue weighted by Gasteiger charge is -2.12. The fourth-order valence-corrected chi connectivity index (χ4v) is 7.05. The molecule has 0 radical (unpaired) electrons. The minimum atomic E-state index is 0.654. The van der Waals surface area contributed by atoms with Crippen molar-refractivity contribution in [2.45, 2.75) is 0 Å². The second-order valence-electron chi connectivity index (χ2n) is 10.9. The minimum Gasteiger partial charge on any atom is -0.308 e. The second-order valence-corrected chi connectivity index (χ2v) is 10.9. The van der Waals surface area contributed by atoms with E-state index in [1.165, 1.54) is 48.9 Å². The third-order valence-corrected chi connectivity index (χ3v) is 8.73. The largest absolute Gasteiger partial charge is 0.308 e. The monoisotopic (exact) mass is 535 g/mol. The molecule has 0 aliphatic heterocycles. The first-order valence-electron chi connectivity index (χ1n) is 14.1. The first-order chi connectivity index (χ1) is 20.9. The number of nitrogens with zero attached hydrogens (tertiary/aromatic N) is 5. The molecule has 42 heavy (non-hydrogen) atoms. The van der Waals surface area contributed by atoms with Crippen LogP contribution in [0.3, 0.4) is 0 Å². The summed E-state index contributed by atoms with van der Waals surface area (Å²) in [6.07, 6.45) is 3.67. The summed E-state index contributed by atoms with van der Waals surface area (Å²) in [7, 11) is 0. The molecule has 0 bridgehead atoms. The van der Waals surface area contributed by atoms with Gasteiger partial charge in [-0.1, -0.05) is 72.8 Å². The van der Waals surface area contributed by atoms with Crippen LogP contribution in [-0.2, 0) is 0 Å². The number of benzene rings is 5. The predicted molar refractivity (Wildman–Crippen MR) is 172 cm³/mol. The number of pyridine rings is 1. The zero-order valence-electron chi connectivity index (χ0n) is 22.4. The van der Waals surface area contributed by atoms with Gasteiger partial charge in [0.25, 0.3) is 0 Å². The van der Waals surface area contributed by atoms with Crippen LogP contribution in [0.2, 0.25) is 0 Å². The van der Waals surface area contributed by atoms with Gasteiger partial charge in [0.05, 0.1) is 38.8 Å². The molecule has 5 nitrogen and oxygen atoms in total. The quantitative estimate of drug-likeness (QED) is 0.222. The van der Waals surface area contributed by atoms with Crippen LogP contribution >= 0.6 is 0 Å². The molecule has 194 valence electrons. The molecule has 5 heteroatoms. The van der Waals surface area contributed by atoms with Crippen molar-refractivity contribution < 1.29 is 0 Å². The minimum absolute atomic E-state index is 0.654. The van der Waals surface area contributed by atoms with E-state index in [1.54, 1.807) is 6.20 Å². The SMILES string of the molecule is c1cncc(-c2nc(-n3c4ccccc4c4cc5c6ccccc6n6c7ccccc7c(c43)c56)nc3ccccc23)c1. The molecule has 0 aliphatic carbocycles. The third-order valence-electron chi connectivity index (χ3n) is 8.73. The lowest BCUT2D eigenvalue weighted by Crippen LogP contribution is -2.03. The summed E-state index contributed by atoms with van der Waals surface area (Å²) in [6, 6.07) is 40.7. The van der Waals surface area contributed by atoms with Crippen LogP contribution in [0.4, 0.5) is 0 Å². The Morgan fingerprint density at radius 2 is 1.14 bits per heavy atom. The summed E-state index contributed by atoms with van der Waals surface area (Å²) in [4.78, 5) is 14.9. The Bertz CT molecular complexity index is 2680. The molecule has 0 spiro atoms. The Balaban J connectivity index is 1.47. The van der Waals surface area contributed by atoms with E-state index < -0.39 is 0 Å². The second kappa shape index (κ2) is 7.89. The van der Waals surface area contributed by atoms with E-state index in [4.69, 9.17) is 9.97 Å². The topological polar surface area (TPSA) is 48.0 Å². The van der Waals surface area contributed by atoms with E-state index in [9.17, 15) is 0 Å². The molecule has 0 N–H and O–H groups in total. The Labute approximate surface area is 239 Å². The smallest absolute Gasteiger partial charge is 0.235 e. The van der Waals surface area contributed by atoms with Gasteiger partial charge in [-0.2, -0.15) is 0 Å². The highest BCUT2D eigenvalue weighted by atomic mass is 15.2. The molecule has 0 amide bonds. The number of hydrogen-bond acceptors (Lipinski definition) is 3. The highest BCUT2D eigenvalue weighted by Gasteiger charge is 2.25. The van der Waals surface area contributed by atoms with E-state index in [-0.39, 0.29) is 0 Å². The van der Waals surface area contributed by atoms with Gasteiger partial charge in [0.15, 0.2) is 0 Å². The van der Waals surface area contributed by atoms with Crippen LogP contribution in [0.25, 0.3) is 88.0 Å². The predicted octanol–water partition coefficient (Wildman–Crippen LogP) is 8.94. The van der Waals surface area contributed by atoms with Gasteiger partial charge in [-0.25, -0.2) is 9.97 Å². The fourth-order valence-electron chi connectivity index (χ4n) is 7.05. The van der Waals surface area contributed by atoms with Gasteiger partial charge >= 0.3 is 0 Å². The van der Waals surface area contributed by atoms with Gasteiger partial charge in [0.1, 0.15) is 0 Å². The van der Waals surface area contributed by atoms with Gasteiger partial charge in [-0.15, -0.1) is 0 Å². The first-order valence-corrected chi connectivity index (χ1v) is 14.1. The van der Waals surface area contributed by atoms with Crippen LogP contribution in [0, 0.1) is 0 Å². The summed E-state index contributed by atoms with van der Waals surface area (Å²) in [5, 5.41) is 8.38. The Kier molecular flexibility index (Phi) is 4.12. The highest BCUT2D eigenvalue weighted by molar-refractivity contribution is 6.34. The molecule has 0 fully saturated rings. The van der Waals surface area contributed by atoms with E-state index in [0.717, 1.165) is 33.2 Å². The van der Waals surface area contributed by atoms with Crippen molar-refractivity contribution in [3.8, 4) is 17.2 Å². The van der Waals surface area contributed by atoms with Gasteiger partial charge in [-0.05, 0) is 42.5 Å². The molecule has 0 atom stereocenters. The Morgan fingerprint density at radius 1 is 0.500 bits per heavy atom. The molecule has 5 aromatic carbocycles. The van der Waals surface area contributed by atoms with Crippen molar-refractivity contribution in [2.24, 2.45) is 0 Å². The van der Waals surface area contributed by atoms with Gasteiger partial charge in [-0.3, -0.25) is 9.55 Å². The van der Waals surface area contributed by atoms with Gasteiger partial charge in [0.2, 0.25) is 5.95 Å². The summed E-state index contributed by atoms with van der Waals surface area (Å²) in [5.41, 5.74) is 8.63. The van der Waals surface area contributed by atoms with E-state index in [0.29, 0.717) is 5.95 Å². The number of para-hydroxylation sites is 4. The van der Waals surface area contributed by atoms with Gasteiger partial charge < -0.3 is 4.40 Å². The molecule has 0 unspecified atom stereocenters. The summed E-state index contributed by atoms with van der Waals surface area (Å²) < 4.78 is 4.70. The van der Waals surface area contributed by atoms with Crippen molar-refractivity contribution in [2.75, 3.05) is 0 Å². The van der Waals surface area contributed by atoms with Crippen molar-refractivity contribution in [3.05, 3.63) is 128 Å². The summed E-state index contributed by atoms with van der Waals surface area (Å²) in [5.74, 6) is 0.654. The average Bonchev–Trinajstić information content (AvgIpc) is 3.69. The molecule has 0 saturated carbocycles. The lowest BCUT2D eigenvalue weighted by molar-refractivity contribution is 1.02. The molecule has 5 heterocycles. The number of rotatable bonds is 2. The van der Waals surface area contributed by atoms with Crippen LogP contribution < -0.4 is 0 Å². The molecule has 5 aromatic heterocycles. The Morgan fingerprint density at radius 3 is 1.93 bits per heavy atom. The lowest BCUT2D eigenvalue weighted by atomic mass is 10.0. The molecular formula is C37H21N5. The maximum Gasteiger partial charge on any atom is 0.235 e. The van der Waals surface area contributed by atoms with E-state index in [2.05, 4.69) is 111 Å². The first kappa shape index (κ1) is 21.9.